The van der Waals surface area contributed by atoms with Gasteiger partial charge in [-0.3, -0.25) is 4.79 Å². The number of carbonyl (C=O) groups is 1. The van der Waals surface area contributed by atoms with Crippen LogP contribution in [0.25, 0.3) is 11.0 Å². The summed E-state index contributed by atoms with van der Waals surface area (Å²) in [7, 11) is 0. The van der Waals surface area contributed by atoms with Crippen LogP contribution in [0.5, 0.6) is 0 Å². The predicted octanol–water partition coefficient (Wildman–Crippen LogP) is 3.06. The summed E-state index contributed by atoms with van der Waals surface area (Å²) < 4.78 is 39.8. The van der Waals surface area contributed by atoms with Gasteiger partial charge in [0.2, 0.25) is 5.91 Å². The Morgan fingerprint density at radius 3 is 2.67 bits per heavy atom. The zero-order valence-corrected chi connectivity index (χ0v) is 11.7. The molecule has 1 amide bonds. The minimum atomic E-state index is -4.41. The highest BCUT2D eigenvalue weighted by Crippen LogP contribution is 2.31. The van der Waals surface area contributed by atoms with Crippen molar-refractivity contribution in [1.82, 2.24) is 9.55 Å². The standard InChI is InChI=1S/C13H13ClF3N3O/c14-7-12-19-9-6-8(13(15,16)17)3-4-10(9)20(12)5-1-2-11(18)21/h3-4,6H,1-2,5,7H2,(H2,18,21). The number of benzene rings is 1. The molecule has 2 aromatic rings. The number of rotatable bonds is 5. The Morgan fingerprint density at radius 2 is 2.10 bits per heavy atom. The van der Waals surface area contributed by atoms with Crippen molar-refractivity contribution in [2.45, 2.75) is 31.4 Å². The van der Waals surface area contributed by atoms with E-state index in [2.05, 4.69) is 4.98 Å². The first-order chi connectivity index (χ1) is 9.82. The predicted molar refractivity (Wildman–Crippen MR) is 72.7 cm³/mol. The van der Waals surface area contributed by atoms with Crippen molar-refractivity contribution in [1.29, 1.82) is 0 Å². The van der Waals surface area contributed by atoms with Crippen molar-refractivity contribution < 1.29 is 18.0 Å². The zero-order valence-electron chi connectivity index (χ0n) is 11.0. The molecule has 0 spiro atoms. The van der Waals surface area contributed by atoms with Crippen LogP contribution in [0.3, 0.4) is 0 Å². The maximum absolute atomic E-state index is 12.7. The van der Waals surface area contributed by atoms with E-state index in [0.717, 1.165) is 12.1 Å². The fraction of sp³-hybridized carbons (Fsp3) is 0.385. The number of aromatic nitrogens is 2. The number of halogens is 4. The Morgan fingerprint density at radius 1 is 1.38 bits per heavy atom. The first kappa shape index (κ1) is 15.6. The number of primary amides is 1. The molecule has 2 N–H and O–H groups in total. The van der Waals surface area contributed by atoms with Crippen molar-refractivity contribution in [3.05, 3.63) is 29.6 Å². The highest BCUT2D eigenvalue weighted by molar-refractivity contribution is 6.16. The lowest BCUT2D eigenvalue weighted by Crippen LogP contribution is -2.12. The van der Waals surface area contributed by atoms with E-state index in [4.69, 9.17) is 17.3 Å². The van der Waals surface area contributed by atoms with Crippen molar-refractivity contribution in [3.8, 4) is 0 Å². The van der Waals surface area contributed by atoms with Crippen LogP contribution in [0.4, 0.5) is 13.2 Å². The molecule has 0 radical (unpaired) electrons. The number of carbonyl (C=O) groups excluding carboxylic acids is 1. The number of amides is 1. The molecule has 0 bridgehead atoms. The summed E-state index contributed by atoms with van der Waals surface area (Å²) in [5.74, 6) is 0.119. The van der Waals surface area contributed by atoms with E-state index in [1.54, 1.807) is 4.57 Å². The van der Waals surface area contributed by atoms with E-state index >= 15 is 0 Å². The van der Waals surface area contributed by atoms with E-state index < -0.39 is 17.6 Å². The number of nitrogens with zero attached hydrogens (tertiary/aromatic N) is 2. The van der Waals surface area contributed by atoms with Crippen LogP contribution >= 0.6 is 11.6 Å². The minimum absolute atomic E-state index is 0.0760. The third-order valence-corrected chi connectivity index (χ3v) is 3.32. The van der Waals surface area contributed by atoms with Crippen LogP contribution in [0.1, 0.15) is 24.2 Å². The molecular weight excluding hydrogens is 307 g/mol. The van der Waals surface area contributed by atoms with Crippen LogP contribution in [0.2, 0.25) is 0 Å². The largest absolute Gasteiger partial charge is 0.416 e. The summed E-state index contributed by atoms with van der Waals surface area (Å²) in [6.45, 7) is 0.423. The van der Waals surface area contributed by atoms with Gasteiger partial charge in [0.1, 0.15) is 5.82 Å². The Balaban J connectivity index is 2.38. The van der Waals surface area contributed by atoms with Gasteiger partial charge in [0.25, 0.3) is 0 Å². The first-order valence-electron chi connectivity index (χ1n) is 6.23. The third-order valence-electron chi connectivity index (χ3n) is 3.08. The molecule has 114 valence electrons. The molecule has 1 aromatic heterocycles. The van der Waals surface area contributed by atoms with Gasteiger partial charge >= 0.3 is 6.18 Å². The molecule has 8 heteroatoms. The highest BCUT2D eigenvalue weighted by atomic mass is 35.5. The second kappa shape index (κ2) is 5.93. The summed E-state index contributed by atoms with van der Waals surface area (Å²) in [4.78, 5) is 14.9. The van der Waals surface area contributed by atoms with E-state index in [1.165, 1.54) is 6.07 Å². The maximum atomic E-state index is 12.7. The van der Waals surface area contributed by atoms with E-state index in [-0.39, 0.29) is 17.8 Å². The molecule has 0 atom stereocenters. The monoisotopic (exact) mass is 319 g/mol. The number of imidazole rings is 1. The fourth-order valence-corrected chi connectivity index (χ4v) is 2.32. The van der Waals surface area contributed by atoms with Gasteiger partial charge < -0.3 is 10.3 Å². The Labute approximate surface area is 123 Å². The topological polar surface area (TPSA) is 60.9 Å². The minimum Gasteiger partial charge on any atom is -0.370 e. The van der Waals surface area contributed by atoms with E-state index in [0.29, 0.717) is 24.3 Å². The second-order valence-electron chi connectivity index (χ2n) is 4.58. The molecule has 4 nitrogen and oxygen atoms in total. The molecule has 0 aliphatic rings. The molecule has 0 saturated carbocycles. The van der Waals surface area contributed by atoms with Crippen LogP contribution in [-0.4, -0.2) is 15.5 Å². The van der Waals surface area contributed by atoms with Gasteiger partial charge in [-0.15, -0.1) is 11.6 Å². The number of alkyl halides is 4. The second-order valence-corrected chi connectivity index (χ2v) is 4.85. The van der Waals surface area contributed by atoms with Gasteiger partial charge in [-0.05, 0) is 24.6 Å². The molecule has 0 unspecified atom stereocenters. The van der Waals surface area contributed by atoms with Crippen LogP contribution in [0, 0.1) is 0 Å². The average molecular weight is 320 g/mol. The normalized spacial score (nSPS) is 12.0. The van der Waals surface area contributed by atoms with Gasteiger partial charge in [0.15, 0.2) is 0 Å². The molecule has 0 aliphatic heterocycles. The molecule has 1 heterocycles. The quantitative estimate of drug-likeness (QED) is 0.861. The summed E-state index contributed by atoms with van der Waals surface area (Å²) >= 11 is 5.78. The van der Waals surface area contributed by atoms with Crippen LogP contribution < -0.4 is 5.73 Å². The van der Waals surface area contributed by atoms with Crippen LogP contribution in [-0.2, 0) is 23.4 Å². The van der Waals surface area contributed by atoms with Crippen molar-refractivity contribution in [2.24, 2.45) is 5.73 Å². The number of fused-ring (bicyclic) bond motifs is 1. The summed E-state index contributed by atoms with van der Waals surface area (Å²) in [5.41, 5.74) is 5.11. The first-order valence-corrected chi connectivity index (χ1v) is 6.77. The fourth-order valence-electron chi connectivity index (χ4n) is 2.12. The average Bonchev–Trinajstić information content (AvgIpc) is 2.74. The lowest BCUT2D eigenvalue weighted by molar-refractivity contribution is -0.137. The van der Waals surface area contributed by atoms with Gasteiger partial charge in [-0.1, -0.05) is 0 Å². The van der Waals surface area contributed by atoms with Crippen molar-refractivity contribution >= 4 is 28.5 Å². The van der Waals surface area contributed by atoms with Gasteiger partial charge in [-0.25, -0.2) is 4.98 Å². The lowest BCUT2D eigenvalue weighted by Gasteiger charge is -2.08. The van der Waals surface area contributed by atoms with E-state index in [1.807, 2.05) is 0 Å². The number of hydrogen-bond donors (Lipinski definition) is 1. The smallest absolute Gasteiger partial charge is 0.370 e. The van der Waals surface area contributed by atoms with Crippen molar-refractivity contribution in [2.75, 3.05) is 0 Å². The summed E-state index contributed by atoms with van der Waals surface area (Å²) in [6.07, 6.45) is -3.74. The molecule has 1 aromatic carbocycles. The molecule has 0 fully saturated rings. The van der Waals surface area contributed by atoms with Gasteiger partial charge in [-0.2, -0.15) is 13.2 Å². The van der Waals surface area contributed by atoms with Crippen molar-refractivity contribution in [3.63, 3.8) is 0 Å². The Kier molecular flexibility index (Phi) is 4.41. The molecular formula is C13H13ClF3N3O. The molecule has 0 aliphatic carbocycles. The zero-order chi connectivity index (χ0) is 15.6. The lowest BCUT2D eigenvalue weighted by atomic mass is 10.2. The highest BCUT2D eigenvalue weighted by Gasteiger charge is 2.31. The number of hydrogen-bond acceptors (Lipinski definition) is 2. The molecule has 0 saturated heterocycles. The summed E-state index contributed by atoms with van der Waals surface area (Å²) in [6, 6.07) is 3.37. The Bertz CT molecular complexity index is 666. The van der Waals surface area contributed by atoms with Crippen LogP contribution in [0.15, 0.2) is 18.2 Å². The maximum Gasteiger partial charge on any atom is 0.416 e. The SMILES string of the molecule is NC(=O)CCCn1c(CCl)nc2cc(C(F)(F)F)ccc21. The summed E-state index contributed by atoms with van der Waals surface area (Å²) in [5, 5.41) is 0. The van der Waals surface area contributed by atoms with E-state index in [9.17, 15) is 18.0 Å². The Hall–Kier alpha value is -1.76. The number of nitrogens with two attached hydrogens (primary N) is 1. The third kappa shape index (κ3) is 3.47. The van der Waals surface area contributed by atoms with Gasteiger partial charge in [0, 0.05) is 13.0 Å². The van der Waals surface area contributed by atoms with Gasteiger partial charge in [0.05, 0.1) is 22.5 Å². The number of aryl methyl sites for hydroxylation is 1. The molecule has 21 heavy (non-hydrogen) atoms. The molecule has 2 rings (SSSR count).